The van der Waals surface area contributed by atoms with Gasteiger partial charge >= 0.3 is 0 Å². The van der Waals surface area contributed by atoms with Gasteiger partial charge in [-0.25, -0.2) is 4.68 Å². The Labute approximate surface area is 95.0 Å². The summed E-state index contributed by atoms with van der Waals surface area (Å²) in [6.07, 6.45) is 5.87. The van der Waals surface area contributed by atoms with E-state index in [1.165, 1.54) is 19.3 Å². The molecule has 0 radical (unpaired) electrons. The van der Waals surface area contributed by atoms with Crippen molar-refractivity contribution >= 4 is 5.95 Å². The van der Waals surface area contributed by atoms with E-state index in [0.717, 1.165) is 19.4 Å². The maximum atomic E-state index is 9.54. The lowest BCUT2D eigenvalue weighted by Crippen LogP contribution is -2.36. The van der Waals surface area contributed by atoms with Gasteiger partial charge in [0, 0.05) is 19.0 Å². The lowest BCUT2D eigenvalue weighted by atomic mass is 9.74. The molecule has 2 rings (SSSR count). The van der Waals surface area contributed by atoms with Gasteiger partial charge in [0.2, 0.25) is 5.95 Å². The van der Waals surface area contributed by atoms with Gasteiger partial charge in [-0.2, -0.15) is 0 Å². The summed E-state index contributed by atoms with van der Waals surface area (Å²) in [6, 6.07) is 0. The fourth-order valence-corrected chi connectivity index (χ4v) is 2.34. The molecule has 1 aliphatic carbocycles. The first-order valence-electron chi connectivity index (χ1n) is 5.83. The lowest BCUT2D eigenvalue weighted by Gasteiger charge is -2.35. The Bertz CT molecular complexity index is 332. The minimum absolute atomic E-state index is 0.0181. The summed E-state index contributed by atoms with van der Waals surface area (Å²) in [5, 5.41) is 24.0. The summed E-state index contributed by atoms with van der Waals surface area (Å²) in [5.41, 5.74) is 0.0181. The Hall–Kier alpha value is -1.17. The van der Waals surface area contributed by atoms with E-state index in [9.17, 15) is 5.11 Å². The zero-order chi connectivity index (χ0) is 11.4. The molecule has 0 amide bonds. The van der Waals surface area contributed by atoms with Crippen LogP contribution >= 0.6 is 0 Å². The van der Waals surface area contributed by atoms with Gasteiger partial charge in [-0.15, -0.1) is 0 Å². The van der Waals surface area contributed by atoms with Crippen molar-refractivity contribution in [2.75, 3.05) is 18.5 Å². The van der Waals surface area contributed by atoms with Crippen molar-refractivity contribution in [1.82, 2.24) is 20.2 Å². The summed E-state index contributed by atoms with van der Waals surface area (Å²) in [7, 11) is 1.80. The van der Waals surface area contributed by atoms with Crippen LogP contribution in [0.15, 0.2) is 0 Å². The summed E-state index contributed by atoms with van der Waals surface area (Å²) < 4.78 is 1.61. The number of aliphatic hydroxyl groups excluding tert-OH is 1. The highest BCUT2D eigenvalue weighted by Gasteiger charge is 2.31. The third-order valence-corrected chi connectivity index (χ3v) is 3.49. The van der Waals surface area contributed by atoms with Crippen molar-refractivity contribution in [2.45, 2.75) is 32.1 Å². The summed E-state index contributed by atoms with van der Waals surface area (Å²) >= 11 is 0. The van der Waals surface area contributed by atoms with Crippen LogP contribution in [0.3, 0.4) is 0 Å². The van der Waals surface area contributed by atoms with E-state index in [2.05, 4.69) is 20.8 Å². The average molecular weight is 225 g/mol. The molecule has 1 saturated carbocycles. The van der Waals surface area contributed by atoms with Crippen molar-refractivity contribution in [3.05, 3.63) is 0 Å². The number of aryl methyl sites for hydroxylation is 1. The fraction of sp³-hybridized carbons (Fsp3) is 0.900. The predicted octanol–water partition coefficient (Wildman–Crippen LogP) is 0.565. The molecule has 1 heterocycles. The minimum atomic E-state index is 0.0181. The molecule has 0 aromatic carbocycles. The molecule has 1 aromatic heterocycles. The Kier molecular flexibility index (Phi) is 3.38. The lowest BCUT2D eigenvalue weighted by molar-refractivity contribution is 0.0941. The minimum Gasteiger partial charge on any atom is -0.396 e. The second kappa shape index (κ2) is 4.78. The van der Waals surface area contributed by atoms with E-state index in [1.807, 2.05) is 0 Å². The second-order valence-electron chi connectivity index (χ2n) is 4.70. The van der Waals surface area contributed by atoms with Gasteiger partial charge in [0.1, 0.15) is 0 Å². The number of hydrogen-bond acceptors (Lipinski definition) is 5. The SMILES string of the molecule is Cn1nnnc1NCC1(CO)CCCCC1. The number of nitrogens with zero attached hydrogens (tertiary/aromatic N) is 4. The molecular weight excluding hydrogens is 206 g/mol. The van der Waals surface area contributed by atoms with Gasteiger partial charge in [0.25, 0.3) is 0 Å². The normalized spacial score (nSPS) is 19.6. The number of rotatable bonds is 4. The largest absolute Gasteiger partial charge is 0.396 e. The number of hydrogen-bond donors (Lipinski definition) is 2. The summed E-state index contributed by atoms with van der Waals surface area (Å²) in [4.78, 5) is 0. The predicted molar refractivity (Wildman–Crippen MR) is 59.9 cm³/mol. The fourth-order valence-electron chi connectivity index (χ4n) is 2.34. The van der Waals surface area contributed by atoms with E-state index in [0.29, 0.717) is 5.95 Å². The van der Waals surface area contributed by atoms with E-state index in [1.54, 1.807) is 11.7 Å². The summed E-state index contributed by atoms with van der Waals surface area (Å²) in [5.74, 6) is 0.665. The highest BCUT2D eigenvalue weighted by molar-refractivity contribution is 5.21. The Morgan fingerprint density at radius 1 is 1.38 bits per heavy atom. The molecule has 6 heteroatoms. The van der Waals surface area contributed by atoms with E-state index in [-0.39, 0.29) is 12.0 Å². The molecule has 1 fully saturated rings. The van der Waals surface area contributed by atoms with E-state index >= 15 is 0 Å². The Morgan fingerprint density at radius 2 is 2.12 bits per heavy atom. The number of anilines is 1. The molecule has 0 atom stereocenters. The monoisotopic (exact) mass is 225 g/mol. The summed E-state index contributed by atoms with van der Waals surface area (Å²) in [6.45, 7) is 0.989. The van der Waals surface area contributed by atoms with Crippen molar-refractivity contribution in [2.24, 2.45) is 12.5 Å². The van der Waals surface area contributed by atoms with E-state index in [4.69, 9.17) is 0 Å². The number of aliphatic hydroxyl groups is 1. The first-order valence-corrected chi connectivity index (χ1v) is 5.83. The third kappa shape index (κ3) is 2.32. The van der Waals surface area contributed by atoms with Crippen LogP contribution in [0.1, 0.15) is 32.1 Å². The van der Waals surface area contributed by atoms with Crippen LogP contribution in [0.5, 0.6) is 0 Å². The van der Waals surface area contributed by atoms with Crippen LogP contribution in [-0.4, -0.2) is 38.5 Å². The highest BCUT2D eigenvalue weighted by atomic mass is 16.3. The standard InChI is InChI=1S/C10H19N5O/c1-15-9(12-13-14-15)11-7-10(8-16)5-3-2-4-6-10/h16H,2-8H2,1H3,(H,11,12,14). The molecule has 16 heavy (non-hydrogen) atoms. The molecule has 0 spiro atoms. The van der Waals surface area contributed by atoms with Gasteiger partial charge in [0.15, 0.2) is 0 Å². The topological polar surface area (TPSA) is 75.9 Å². The molecule has 6 nitrogen and oxygen atoms in total. The molecular formula is C10H19N5O. The molecule has 1 aromatic rings. The Balaban J connectivity index is 1.94. The number of aromatic nitrogens is 4. The second-order valence-corrected chi connectivity index (χ2v) is 4.70. The van der Waals surface area contributed by atoms with Crippen LogP contribution in [0.2, 0.25) is 0 Å². The first-order chi connectivity index (χ1) is 7.76. The first kappa shape index (κ1) is 11.3. The molecule has 2 N–H and O–H groups in total. The number of tetrazole rings is 1. The molecule has 90 valence electrons. The maximum Gasteiger partial charge on any atom is 0.242 e. The smallest absolute Gasteiger partial charge is 0.242 e. The molecule has 1 aliphatic rings. The van der Waals surface area contributed by atoms with Crippen LogP contribution in [0.25, 0.3) is 0 Å². The Morgan fingerprint density at radius 3 is 2.69 bits per heavy atom. The maximum absolute atomic E-state index is 9.54. The molecule has 0 bridgehead atoms. The van der Waals surface area contributed by atoms with Crippen LogP contribution in [0.4, 0.5) is 5.95 Å². The molecule has 0 saturated heterocycles. The van der Waals surface area contributed by atoms with Gasteiger partial charge < -0.3 is 10.4 Å². The third-order valence-electron chi connectivity index (χ3n) is 3.49. The van der Waals surface area contributed by atoms with Gasteiger partial charge in [-0.3, -0.25) is 0 Å². The van der Waals surface area contributed by atoms with Crippen LogP contribution in [0, 0.1) is 5.41 Å². The van der Waals surface area contributed by atoms with Crippen molar-refractivity contribution in [3.8, 4) is 0 Å². The van der Waals surface area contributed by atoms with Crippen molar-refractivity contribution < 1.29 is 5.11 Å². The van der Waals surface area contributed by atoms with Gasteiger partial charge in [-0.1, -0.05) is 24.4 Å². The molecule has 0 aliphatic heterocycles. The van der Waals surface area contributed by atoms with Crippen molar-refractivity contribution in [3.63, 3.8) is 0 Å². The zero-order valence-electron chi connectivity index (χ0n) is 9.69. The average Bonchev–Trinajstić information content (AvgIpc) is 2.74. The quantitative estimate of drug-likeness (QED) is 0.783. The highest BCUT2D eigenvalue weighted by Crippen LogP contribution is 2.35. The zero-order valence-corrected chi connectivity index (χ0v) is 9.69. The van der Waals surface area contributed by atoms with Crippen LogP contribution < -0.4 is 5.32 Å². The van der Waals surface area contributed by atoms with Crippen molar-refractivity contribution in [1.29, 1.82) is 0 Å². The number of nitrogens with one attached hydrogen (secondary N) is 1. The van der Waals surface area contributed by atoms with Gasteiger partial charge in [0.05, 0.1) is 6.61 Å². The molecule has 0 unspecified atom stereocenters. The van der Waals surface area contributed by atoms with E-state index < -0.39 is 0 Å². The van der Waals surface area contributed by atoms with Crippen LogP contribution in [-0.2, 0) is 7.05 Å². The van der Waals surface area contributed by atoms with Gasteiger partial charge in [-0.05, 0) is 23.3 Å².